The Bertz CT molecular complexity index is 381. The summed E-state index contributed by atoms with van der Waals surface area (Å²) in [5.41, 5.74) is -0.402. The van der Waals surface area contributed by atoms with Gasteiger partial charge in [-0.2, -0.15) is 11.8 Å². The Labute approximate surface area is 133 Å². The Kier molecular flexibility index (Phi) is 4.84. The van der Waals surface area contributed by atoms with Gasteiger partial charge in [-0.3, -0.25) is 10.1 Å². The molecule has 3 rings (SSSR count). The van der Waals surface area contributed by atoms with E-state index >= 15 is 0 Å². The van der Waals surface area contributed by atoms with E-state index < -0.39 is 5.54 Å². The summed E-state index contributed by atoms with van der Waals surface area (Å²) in [6.45, 7) is 2.36. The van der Waals surface area contributed by atoms with Crippen molar-refractivity contribution in [2.45, 2.75) is 75.1 Å². The van der Waals surface area contributed by atoms with Crippen molar-refractivity contribution in [3.8, 4) is 0 Å². The number of rotatable bonds is 7. The van der Waals surface area contributed by atoms with Gasteiger partial charge in [-0.1, -0.05) is 19.8 Å². The maximum Gasteiger partial charge on any atom is 0.327 e. The highest BCUT2D eigenvalue weighted by molar-refractivity contribution is 8.00. The van der Waals surface area contributed by atoms with E-state index in [1.807, 2.05) is 11.8 Å². The molecule has 0 amide bonds. The maximum atomic E-state index is 12.5. The summed E-state index contributed by atoms with van der Waals surface area (Å²) in [5.74, 6) is 2.23. The van der Waals surface area contributed by atoms with Gasteiger partial charge in [0.05, 0.1) is 7.11 Å². The highest BCUT2D eigenvalue weighted by Crippen LogP contribution is 2.45. The SMILES string of the molecule is COC(=O)C(CSC1CCCC(C)C1)(NC1CC1)C1CC1. The number of hydrogen-bond donors (Lipinski definition) is 1. The number of esters is 1. The van der Waals surface area contributed by atoms with Crippen molar-refractivity contribution in [2.24, 2.45) is 11.8 Å². The Morgan fingerprint density at radius 3 is 2.57 bits per heavy atom. The number of carbonyl (C=O) groups excluding carboxylic acids is 1. The lowest BCUT2D eigenvalue weighted by Crippen LogP contribution is -2.58. The van der Waals surface area contributed by atoms with Crippen LogP contribution in [0.3, 0.4) is 0 Å². The summed E-state index contributed by atoms with van der Waals surface area (Å²) in [6.07, 6.45) is 10.2. The minimum Gasteiger partial charge on any atom is -0.468 e. The molecule has 3 fully saturated rings. The monoisotopic (exact) mass is 311 g/mol. The van der Waals surface area contributed by atoms with E-state index in [-0.39, 0.29) is 5.97 Å². The molecule has 3 aliphatic carbocycles. The molecule has 0 aromatic rings. The Balaban J connectivity index is 1.64. The zero-order valence-corrected chi connectivity index (χ0v) is 14.2. The van der Waals surface area contributed by atoms with Crippen molar-refractivity contribution in [1.82, 2.24) is 5.32 Å². The van der Waals surface area contributed by atoms with Crippen LogP contribution in [-0.4, -0.2) is 35.7 Å². The quantitative estimate of drug-likeness (QED) is 0.732. The van der Waals surface area contributed by atoms with Gasteiger partial charge in [0.15, 0.2) is 0 Å². The smallest absolute Gasteiger partial charge is 0.327 e. The molecule has 0 aromatic carbocycles. The molecule has 3 unspecified atom stereocenters. The second-order valence-electron chi connectivity index (χ2n) is 7.36. The summed E-state index contributed by atoms with van der Waals surface area (Å²) in [4.78, 5) is 12.5. The lowest BCUT2D eigenvalue weighted by molar-refractivity contribution is -0.148. The molecule has 3 atom stereocenters. The normalized spacial score (nSPS) is 32.5. The van der Waals surface area contributed by atoms with Gasteiger partial charge in [-0.05, 0) is 50.4 Å². The number of thioether (sulfide) groups is 1. The van der Waals surface area contributed by atoms with E-state index in [4.69, 9.17) is 4.74 Å². The van der Waals surface area contributed by atoms with Crippen LogP contribution in [0, 0.1) is 11.8 Å². The molecule has 3 nitrogen and oxygen atoms in total. The van der Waals surface area contributed by atoms with E-state index in [9.17, 15) is 4.79 Å². The number of methoxy groups -OCH3 is 1. The van der Waals surface area contributed by atoms with E-state index in [1.165, 1.54) is 51.4 Å². The Hall–Kier alpha value is -0.220. The van der Waals surface area contributed by atoms with Gasteiger partial charge < -0.3 is 4.74 Å². The zero-order chi connectivity index (χ0) is 14.9. The van der Waals surface area contributed by atoms with Gasteiger partial charge in [0.25, 0.3) is 0 Å². The summed E-state index contributed by atoms with van der Waals surface area (Å²) in [5, 5.41) is 4.41. The minimum absolute atomic E-state index is 0.0201. The topological polar surface area (TPSA) is 38.3 Å². The molecular weight excluding hydrogens is 282 g/mol. The summed E-state index contributed by atoms with van der Waals surface area (Å²) in [7, 11) is 1.54. The molecule has 0 bridgehead atoms. The standard InChI is InChI=1S/C17H29NO2S/c1-12-4-3-5-15(10-12)21-11-17(13-6-7-13,16(19)20-2)18-14-8-9-14/h12-15,18H,3-11H2,1-2H3. The first-order valence-electron chi connectivity index (χ1n) is 8.62. The van der Waals surface area contributed by atoms with Gasteiger partial charge >= 0.3 is 5.97 Å². The van der Waals surface area contributed by atoms with Crippen LogP contribution in [0.5, 0.6) is 0 Å². The van der Waals surface area contributed by atoms with Crippen LogP contribution < -0.4 is 5.32 Å². The third-order valence-electron chi connectivity index (χ3n) is 5.30. The third kappa shape index (κ3) is 3.76. The van der Waals surface area contributed by atoms with E-state index in [0.29, 0.717) is 12.0 Å². The van der Waals surface area contributed by atoms with Crippen molar-refractivity contribution < 1.29 is 9.53 Å². The van der Waals surface area contributed by atoms with Crippen LogP contribution in [0.15, 0.2) is 0 Å². The molecule has 0 spiro atoms. The van der Waals surface area contributed by atoms with E-state index in [1.54, 1.807) is 7.11 Å². The van der Waals surface area contributed by atoms with Crippen molar-refractivity contribution in [3.05, 3.63) is 0 Å². The number of hydrogen-bond acceptors (Lipinski definition) is 4. The highest BCUT2D eigenvalue weighted by Gasteiger charge is 2.53. The van der Waals surface area contributed by atoms with Crippen LogP contribution in [0.4, 0.5) is 0 Å². The van der Waals surface area contributed by atoms with E-state index in [0.717, 1.165) is 16.9 Å². The molecule has 21 heavy (non-hydrogen) atoms. The summed E-state index contributed by atoms with van der Waals surface area (Å²) < 4.78 is 5.19. The first-order chi connectivity index (χ1) is 10.1. The lowest BCUT2D eigenvalue weighted by atomic mass is 9.90. The van der Waals surface area contributed by atoms with Gasteiger partial charge in [-0.15, -0.1) is 0 Å². The second kappa shape index (κ2) is 6.49. The van der Waals surface area contributed by atoms with Crippen molar-refractivity contribution in [3.63, 3.8) is 0 Å². The Morgan fingerprint density at radius 1 is 1.24 bits per heavy atom. The first kappa shape index (κ1) is 15.7. The van der Waals surface area contributed by atoms with E-state index in [2.05, 4.69) is 12.2 Å². The van der Waals surface area contributed by atoms with Crippen LogP contribution >= 0.6 is 11.8 Å². The largest absolute Gasteiger partial charge is 0.468 e. The fraction of sp³-hybridized carbons (Fsp3) is 0.941. The first-order valence-corrected chi connectivity index (χ1v) is 9.66. The highest BCUT2D eigenvalue weighted by atomic mass is 32.2. The molecule has 3 aliphatic rings. The molecule has 3 saturated carbocycles. The minimum atomic E-state index is -0.402. The summed E-state index contributed by atoms with van der Waals surface area (Å²) >= 11 is 2.03. The van der Waals surface area contributed by atoms with Crippen LogP contribution in [0.25, 0.3) is 0 Å². The number of nitrogens with one attached hydrogen (secondary N) is 1. The maximum absolute atomic E-state index is 12.5. The molecule has 4 heteroatoms. The van der Waals surface area contributed by atoms with Gasteiger partial charge in [-0.25, -0.2) is 0 Å². The molecule has 0 radical (unpaired) electrons. The lowest BCUT2D eigenvalue weighted by Gasteiger charge is -2.35. The van der Waals surface area contributed by atoms with Gasteiger partial charge in [0, 0.05) is 17.0 Å². The third-order valence-corrected chi connectivity index (χ3v) is 6.82. The predicted octanol–water partition coefficient (Wildman–Crippen LogP) is 3.37. The zero-order valence-electron chi connectivity index (χ0n) is 13.4. The van der Waals surface area contributed by atoms with Crippen LogP contribution in [-0.2, 0) is 9.53 Å². The van der Waals surface area contributed by atoms with Gasteiger partial charge in [0.2, 0.25) is 0 Å². The molecule has 120 valence electrons. The predicted molar refractivity (Wildman–Crippen MR) is 87.5 cm³/mol. The molecule has 0 saturated heterocycles. The molecule has 0 heterocycles. The molecule has 1 N–H and O–H groups in total. The van der Waals surface area contributed by atoms with Crippen molar-refractivity contribution in [1.29, 1.82) is 0 Å². The van der Waals surface area contributed by atoms with Crippen molar-refractivity contribution >= 4 is 17.7 Å². The van der Waals surface area contributed by atoms with Crippen LogP contribution in [0.1, 0.15) is 58.3 Å². The fourth-order valence-corrected chi connectivity index (χ4v) is 5.42. The van der Waals surface area contributed by atoms with Crippen molar-refractivity contribution in [2.75, 3.05) is 12.9 Å². The Morgan fingerprint density at radius 2 is 2.00 bits per heavy atom. The second-order valence-corrected chi connectivity index (χ2v) is 8.65. The average Bonchev–Trinajstić information content (AvgIpc) is 3.36. The molecular formula is C17H29NO2S. The number of carbonyl (C=O) groups is 1. The van der Waals surface area contributed by atoms with Gasteiger partial charge in [0.1, 0.15) is 5.54 Å². The average molecular weight is 311 g/mol. The molecule has 0 aromatic heterocycles. The van der Waals surface area contributed by atoms with Crippen LogP contribution in [0.2, 0.25) is 0 Å². The number of ether oxygens (including phenoxy) is 1. The molecule has 0 aliphatic heterocycles. The fourth-order valence-electron chi connectivity index (χ4n) is 3.69. The summed E-state index contributed by atoms with van der Waals surface area (Å²) in [6, 6.07) is 0.551.